The van der Waals surface area contributed by atoms with Crippen LogP contribution in [0.3, 0.4) is 0 Å². The summed E-state index contributed by atoms with van der Waals surface area (Å²) in [5, 5.41) is 13.4. The van der Waals surface area contributed by atoms with E-state index >= 15 is 0 Å². The molecule has 2 N–H and O–H groups in total. The summed E-state index contributed by atoms with van der Waals surface area (Å²) >= 11 is 0. The number of amides is 2. The van der Waals surface area contributed by atoms with E-state index in [0.29, 0.717) is 12.8 Å². The Hall–Kier alpha value is -3.27. The van der Waals surface area contributed by atoms with E-state index < -0.39 is 46.4 Å². The number of benzene rings is 1. The van der Waals surface area contributed by atoms with Gasteiger partial charge in [-0.05, 0) is 44.6 Å². The number of nitrogens with one attached hydrogen (secondary N) is 1. The van der Waals surface area contributed by atoms with Gasteiger partial charge in [0.25, 0.3) is 11.8 Å². The lowest BCUT2D eigenvalue weighted by atomic mass is 9.71. The maximum atomic E-state index is 14.5. The molecule has 1 aromatic heterocycles. The topological polar surface area (TPSA) is 101 Å². The summed E-state index contributed by atoms with van der Waals surface area (Å²) in [7, 11) is 0. The van der Waals surface area contributed by atoms with Gasteiger partial charge in [-0.3, -0.25) is 14.4 Å². The molecule has 3 heterocycles. The number of hydrogen-bond acceptors (Lipinski definition) is 5. The van der Waals surface area contributed by atoms with Crippen LogP contribution in [0.1, 0.15) is 64.9 Å². The first-order valence-electron chi connectivity index (χ1n) is 11.5. The Labute approximate surface area is 193 Å². The molecule has 2 aliphatic heterocycles. The van der Waals surface area contributed by atoms with Crippen molar-refractivity contribution in [3.63, 3.8) is 0 Å². The van der Waals surface area contributed by atoms with Gasteiger partial charge in [0.05, 0.1) is 18.2 Å². The van der Waals surface area contributed by atoms with Crippen molar-refractivity contribution in [3.8, 4) is 5.75 Å². The van der Waals surface area contributed by atoms with E-state index in [9.17, 15) is 28.3 Å². The minimum atomic E-state index is -1.07. The van der Waals surface area contributed by atoms with Crippen LogP contribution in [-0.4, -0.2) is 44.8 Å². The van der Waals surface area contributed by atoms with E-state index in [1.54, 1.807) is 4.90 Å². The molecule has 2 bridgehead atoms. The zero-order valence-corrected chi connectivity index (χ0v) is 18.2. The molecule has 34 heavy (non-hydrogen) atoms. The maximum absolute atomic E-state index is 14.5. The molecule has 178 valence electrons. The molecule has 0 radical (unpaired) electrons. The second kappa shape index (κ2) is 7.36. The summed E-state index contributed by atoms with van der Waals surface area (Å²) in [6.45, 7) is 0.180. The average molecular weight is 471 g/mol. The van der Waals surface area contributed by atoms with Gasteiger partial charge in [0.15, 0.2) is 17.7 Å². The molecule has 1 saturated heterocycles. The predicted molar refractivity (Wildman–Crippen MR) is 114 cm³/mol. The molecule has 2 aromatic rings. The molecule has 2 amide bonds. The number of fused-ring (bicyclic) bond motifs is 5. The largest absolute Gasteiger partial charge is 0.503 e. The molecule has 10 heteroatoms. The zero-order chi connectivity index (χ0) is 23.8. The van der Waals surface area contributed by atoms with E-state index in [-0.39, 0.29) is 35.5 Å². The van der Waals surface area contributed by atoms with Crippen LogP contribution in [0.15, 0.2) is 29.2 Å². The summed E-state index contributed by atoms with van der Waals surface area (Å²) in [6.07, 6.45) is 4.75. The fourth-order valence-corrected chi connectivity index (χ4v) is 5.87. The zero-order valence-electron chi connectivity index (χ0n) is 18.2. The number of rotatable bonds is 3. The molecule has 4 aliphatic rings. The summed E-state index contributed by atoms with van der Waals surface area (Å²) < 4.78 is 35.3. The quantitative estimate of drug-likeness (QED) is 0.716. The van der Waals surface area contributed by atoms with Gasteiger partial charge in [0, 0.05) is 23.9 Å². The van der Waals surface area contributed by atoms with Crippen molar-refractivity contribution in [2.45, 2.75) is 69.0 Å². The highest BCUT2D eigenvalue weighted by Gasteiger charge is 2.48. The molecule has 3 atom stereocenters. The Balaban J connectivity index is 1.35. The second-order valence-corrected chi connectivity index (χ2v) is 9.63. The molecule has 2 saturated carbocycles. The molecule has 1 unspecified atom stereocenters. The average Bonchev–Trinajstić information content (AvgIpc) is 3.14. The lowest BCUT2D eigenvalue weighted by Gasteiger charge is -2.44. The third-order valence-electron chi connectivity index (χ3n) is 7.71. The first kappa shape index (κ1) is 21.3. The molecule has 2 aliphatic carbocycles. The highest BCUT2D eigenvalue weighted by molar-refractivity contribution is 5.99. The van der Waals surface area contributed by atoms with Crippen LogP contribution in [0, 0.1) is 11.6 Å². The van der Waals surface area contributed by atoms with E-state index in [2.05, 4.69) is 5.32 Å². The number of halogens is 2. The molecule has 8 nitrogen and oxygen atoms in total. The van der Waals surface area contributed by atoms with Crippen molar-refractivity contribution in [2.75, 3.05) is 0 Å². The number of carbonyl (C=O) groups excluding carboxylic acids is 2. The van der Waals surface area contributed by atoms with E-state index in [0.717, 1.165) is 37.8 Å². The van der Waals surface area contributed by atoms with Crippen molar-refractivity contribution in [1.82, 2.24) is 14.8 Å². The number of aromatic hydroxyl groups is 1. The van der Waals surface area contributed by atoms with Crippen LogP contribution in [0.5, 0.6) is 5.75 Å². The monoisotopic (exact) mass is 471 g/mol. The molecular weight excluding hydrogens is 448 g/mol. The smallest absolute Gasteiger partial charge is 0.276 e. The Morgan fingerprint density at radius 1 is 1.21 bits per heavy atom. The lowest BCUT2D eigenvalue weighted by molar-refractivity contribution is -0.132. The Morgan fingerprint density at radius 2 is 2.00 bits per heavy atom. The number of nitrogens with zero attached hydrogens (tertiary/aromatic N) is 2. The summed E-state index contributed by atoms with van der Waals surface area (Å²) in [6, 6.07) is 3.18. The van der Waals surface area contributed by atoms with Gasteiger partial charge in [-0.2, -0.15) is 0 Å². The lowest BCUT2D eigenvalue weighted by Crippen LogP contribution is -2.57. The summed E-state index contributed by atoms with van der Waals surface area (Å²) in [5.74, 6) is -3.57. The molecule has 0 spiro atoms. The van der Waals surface area contributed by atoms with Crippen LogP contribution in [0.4, 0.5) is 8.78 Å². The maximum Gasteiger partial charge on any atom is 0.276 e. The standard InChI is InChI=1S/C24H23F2N3O5/c25-12-2-5-16(17(26)8-12)24(6-1-7-24)27-22(32)15-10-28-11-18-29(13-3-4-14(9-13)34-18)23(33)19(28)21(31)20(15)30/h2,5,8,10,13-14,18,31H,1,3-4,6-7,9,11H2,(H,27,32)/t13-,14+,18?/m1/s1. The van der Waals surface area contributed by atoms with E-state index in [4.69, 9.17) is 4.74 Å². The Morgan fingerprint density at radius 3 is 2.71 bits per heavy atom. The van der Waals surface area contributed by atoms with Crippen molar-refractivity contribution >= 4 is 11.8 Å². The van der Waals surface area contributed by atoms with Crippen LogP contribution < -0.4 is 10.7 Å². The van der Waals surface area contributed by atoms with Crippen molar-refractivity contribution < 1.29 is 28.2 Å². The highest BCUT2D eigenvalue weighted by atomic mass is 19.1. The first-order chi connectivity index (χ1) is 16.3. The van der Waals surface area contributed by atoms with Crippen molar-refractivity contribution in [1.29, 1.82) is 0 Å². The fraction of sp³-hybridized carbons (Fsp3) is 0.458. The Kier molecular flexibility index (Phi) is 4.61. The summed E-state index contributed by atoms with van der Waals surface area (Å²) in [4.78, 5) is 40.9. The van der Waals surface area contributed by atoms with Crippen molar-refractivity contribution in [3.05, 3.63) is 63.1 Å². The van der Waals surface area contributed by atoms with E-state index in [1.165, 1.54) is 16.8 Å². The van der Waals surface area contributed by atoms with Crippen LogP contribution in [-0.2, 0) is 16.8 Å². The minimum Gasteiger partial charge on any atom is -0.503 e. The predicted octanol–water partition coefficient (Wildman–Crippen LogP) is 2.37. The van der Waals surface area contributed by atoms with Gasteiger partial charge in [-0.1, -0.05) is 6.07 Å². The fourth-order valence-electron chi connectivity index (χ4n) is 5.87. The molecular formula is C24H23F2N3O5. The van der Waals surface area contributed by atoms with Crippen molar-refractivity contribution in [2.24, 2.45) is 0 Å². The molecule has 1 aromatic carbocycles. The van der Waals surface area contributed by atoms with Gasteiger partial charge in [0.2, 0.25) is 5.43 Å². The number of hydrogen-bond donors (Lipinski definition) is 2. The number of aromatic nitrogens is 1. The second-order valence-electron chi connectivity index (χ2n) is 9.63. The van der Waals surface area contributed by atoms with Gasteiger partial charge in [0.1, 0.15) is 17.2 Å². The van der Waals surface area contributed by atoms with Gasteiger partial charge < -0.3 is 24.6 Å². The Bertz CT molecular complexity index is 1290. The van der Waals surface area contributed by atoms with Gasteiger partial charge in [-0.15, -0.1) is 0 Å². The SMILES string of the molecule is O=C(NC1(c2ccc(F)cc2F)CCC1)c1cn2c(c(O)c1=O)C(=O)N1C(C2)O[C@H]2CC[C@@H]1C2. The highest BCUT2D eigenvalue weighted by Crippen LogP contribution is 2.43. The van der Waals surface area contributed by atoms with Gasteiger partial charge in [-0.25, -0.2) is 8.78 Å². The first-order valence-corrected chi connectivity index (χ1v) is 11.5. The minimum absolute atomic E-state index is 0.00607. The van der Waals surface area contributed by atoms with E-state index in [1.807, 2.05) is 0 Å². The summed E-state index contributed by atoms with van der Waals surface area (Å²) in [5.41, 5.74) is -2.40. The number of pyridine rings is 1. The van der Waals surface area contributed by atoms with Crippen LogP contribution >= 0.6 is 0 Å². The van der Waals surface area contributed by atoms with Crippen LogP contribution in [0.2, 0.25) is 0 Å². The normalized spacial score (nSPS) is 26.5. The molecule has 6 rings (SSSR count). The van der Waals surface area contributed by atoms with Gasteiger partial charge >= 0.3 is 0 Å². The van der Waals surface area contributed by atoms with Crippen LogP contribution in [0.25, 0.3) is 0 Å². The molecule has 3 fully saturated rings. The number of carbonyl (C=O) groups is 2. The number of ether oxygens (including phenoxy) is 1. The third-order valence-corrected chi connectivity index (χ3v) is 7.71. The third kappa shape index (κ3) is 3.01.